The molecule has 1 aliphatic rings. The number of pyridine rings is 1. The molecule has 0 saturated carbocycles. The maximum absolute atomic E-state index is 5.72. The fraction of sp³-hybridized carbons (Fsp3) is 0.647. The zero-order valence-electron chi connectivity index (χ0n) is 14.8. The highest BCUT2D eigenvalue weighted by molar-refractivity contribution is 14.0. The van der Waals surface area contributed by atoms with Crippen molar-refractivity contribution in [1.82, 2.24) is 15.2 Å². The van der Waals surface area contributed by atoms with Gasteiger partial charge in [-0.1, -0.05) is 19.9 Å². The van der Waals surface area contributed by atoms with Gasteiger partial charge < -0.3 is 15.0 Å². The van der Waals surface area contributed by atoms with E-state index in [4.69, 9.17) is 4.74 Å². The Kier molecular flexibility index (Phi) is 10.5. The highest BCUT2D eigenvalue weighted by Crippen LogP contribution is 2.21. The number of aliphatic imine (C=N–C) groups is 1. The highest BCUT2D eigenvalue weighted by atomic mass is 127. The number of rotatable bonds is 6. The van der Waals surface area contributed by atoms with Crippen LogP contribution < -0.4 is 10.1 Å². The van der Waals surface area contributed by atoms with Gasteiger partial charge >= 0.3 is 0 Å². The molecule has 136 valence electrons. The van der Waals surface area contributed by atoms with Crippen molar-refractivity contribution in [2.24, 2.45) is 4.99 Å². The highest BCUT2D eigenvalue weighted by Gasteiger charge is 2.21. The van der Waals surface area contributed by atoms with Crippen LogP contribution in [0.5, 0.6) is 5.88 Å². The van der Waals surface area contributed by atoms with E-state index in [1.165, 1.54) is 6.42 Å². The van der Waals surface area contributed by atoms with Gasteiger partial charge in [-0.2, -0.15) is 11.8 Å². The second-order valence-corrected chi connectivity index (χ2v) is 6.97. The van der Waals surface area contributed by atoms with Gasteiger partial charge in [0.2, 0.25) is 5.88 Å². The number of aromatic nitrogens is 1. The molecule has 1 unspecified atom stereocenters. The van der Waals surface area contributed by atoms with E-state index in [9.17, 15) is 0 Å². The molecule has 1 N–H and O–H groups in total. The Hall–Kier alpha value is -0.700. The minimum Gasteiger partial charge on any atom is -0.477 e. The second kappa shape index (κ2) is 11.8. The minimum absolute atomic E-state index is 0. The van der Waals surface area contributed by atoms with Crippen molar-refractivity contribution in [3.63, 3.8) is 0 Å². The van der Waals surface area contributed by atoms with Crippen LogP contribution in [0.2, 0.25) is 0 Å². The van der Waals surface area contributed by atoms with Gasteiger partial charge in [-0.15, -0.1) is 24.0 Å². The van der Waals surface area contributed by atoms with Crippen LogP contribution in [-0.4, -0.2) is 53.6 Å². The molecule has 0 bridgehead atoms. The average Bonchev–Trinajstić information content (AvgIpc) is 2.61. The van der Waals surface area contributed by atoms with Crippen LogP contribution in [0, 0.1) is 0 Å². The average molecular weight is 464 g/mol. The molecule has 0 amide bonds. The van der Waals surface area contributed by atoms with E-state index < -0.39 is 0 Å². The van der Waals surface area contributed by atoms with Gasteiger partial charge in [0, 0.05) is 49.4 Å². The molecule has 1 aromatic rings. The number of ether oxygens (including phenoxy) is 1. The molecule has 1 aliphatic heterocycles. The van der Waals surface area contributed by atoms with Gasteiger partial charge in [0.05, 0.1) is 6.61 Å². The van der Waals surface area contributed by atoms with Crippen LogP contribution in [0.3, 0.4) is 0 Å². The van der Waals surface area contributed by atoms with Crippen molar-refractivity contribution >= 4 is 41.7 Å². The monoisotopic (exact) mass is 464 g/mol. The Balaban J connectivity index is 0.00000288. The number of thioether (sulfide) groups is 1. The van der Waals surface area contributed by atoms with E-state index >= 15 is 0 Å². The summed E-state index contributed by atoms with van der Waals surface area (Å²) in [6.07, 6.45) is 3.96. The number of hydrogen-bond acceptors (Lipinski definition) is 4. The molecule has 7 heteroatoms. The smallest absolute Gasteiger partial charge is 0.218 e. The molecular formula is C17H29IN4OS. The Morgan fingerprint density at radius 2 is 2.33 bits per heavy atom. The van der Waals surface area contributed by atoms with Crippen molar-refractivity contribution in [2.75, 3.05) is 32.5 Å². The van der Waals surface area contributed by atoms with Crippen molar-refractivity contribution in [3.8, 4) is 5.88 Å². The lowest BCUT2D eigenvalue weighted by Gasteiger charge is -2.34. The first-order chi connectivity index (χ1) is 11.3. The summed E-state index contributed by atoms with van der Waals surface area (Å²) < 4.78 is 5.72. The van der Waals surface area contributed by atoms with Crippen LogP contribution in [0.1, 0.15) is 32.3 Å². The van der Waals surface area contributed by atoms with Crippen LogP contribution in [0.15, 0.2) is 23.3 Å². The number of nitrogens with one attached hydrogen (secondary N) is 1. The summed E-state index contributed by atoms with van der Waals surface area (Å²) in [5, 5.41) is 4.16. The summed E-state index contributed by atoms with van der Waals surface area (Å²) in [5.41, 5.74) is 1.07. The van der Waals surface area contributed by atoms with Crippen molar-refractivity contribution in [2.45, 2.75) is 38.5 Å². The molecule has 1 aromatic heterocycles. The predicted octanol–water partition coefficient (Wildman–Crippen LogP) is 3.39. The maximum Gasteiger partial charge on any atom is 0.218 e. The van der Waals surface area contributed by atoms with Gasteiger partial charge in [-0.05, 0) is 18.9 Å². The van der Waals surface area contributed by atoms with Crippen LogP contribution >= 0.6 is 35.7 Å². The van der Waals surface area contributed by atoms with E-state index in [1.807, 2.05) is 13.1 Å². The lowest BCUT2D eigenvalue weighted by atomic mass is 10.2. The molecule has 5 nitrogen and oxygen atoms in total. The second-order valence-electron chi connectivity index (χ2n) is 5.56. The zero-order valence-corrected chi connectivity index (χ0v) is 18.0. The summed E-state index contributed by atoms with van der Waals surface area (Å²) >= 11 is 2.07. The number of hydrogen-bond donors (Lipinski definition) is 1. The minimum atomic E-state index is 0. The Morgan fingerprint density at radius 3 is 3.04 bits per heavy atom. The number of halogens is 1. The van der Waals surface area contributed by atoms with Crippen LogP contribution in [-0.2, 0) is 6.54 Å². The molecule has 2 heterocycles. The van der Waals surface area contributed by atoms with Gasteiger partial charge in [0.25, 0.3) is 0 Å². The van der Waals surface area contributed by atoms with Crippen LogP contribution in [0.4, 0.5) is 0 Å². The molecule has 24 heavy (non-hydrogen) atoms. The van der Waals surface area contributed by atoms with Crippen molar-refractivity contribution < 1.29 is 4.74 Å². The first kappa shape index (κ1) is 21.3. The van der Waals surface area contributed by atoms with E-state index in [1.54, 1.807) is 6.20 Å². The zero-order chi connectivity index (χ0) is 16.5. The topological polar surface area (TPSA) is 49.8 Å². The van der Waals surface area contributed by atoms with Crippen LogP contribution in [0.25, 0.3) is 0 Å². The van der Waals surface area contributed by atoms with Gasteiger partial charge in [-0.3, -0.25) is 4.99 Å². The fourth-order valence-electron chi connectivity index (χ4n) is 2.55. The maximum atomic E-state index is 5.72. The molecule has 0 aliphatic carbocycles. The lowest BCUT2D eigenvalue weighted by Crippen LogP contribution is -2.47. The van der Waals surface area contributed by atoms with E-state index in [-0.39, 0.29) is 24.0 Å². The van der Waals surface area contributed by atoms with Gasteiger partial charge in [0.1, 0.15) is 0 Å². The summed E-state index contributed by atoms with van der Waals surface area (Å²) in [6, 6.07) is 4.00. The summed E-state index contributed by atoms with van der Waals surface area (Å²) in [5.74, 6) is 2.85. The quantitative estimate of drug-likeness (QED) is 0.398. The molecule has 2 rings (SSSR count). The Bertz CT molecular complexity index is 515. The Morgan fingerprint density at radius 1 is 1.50 bits per heavy atom. The molecule has 1 saturated heterocycles. The third-order valence-electron chi connectivity index (χ3n) is 3.84. The lowest BCUT2D eigenvalue weighted by molar-refractivity contribution is 0.301. The largest absolute Gasteiger partial charge is 0.477 e. The molecular weight excluding hydrogens is 435 g/mol. The summed E-state index contributed by atoms with van der Waals surface area (Å²) in [6.45, 7) is 7.84. The van der Waals surface area contributed by atoms with Crippen molar-refractivity contribution in [1.29, 1.82) is 0 Å². The first-order valence-electron chi connectivity index (χ1n) is 8.42. The standard InChI is InChI=1S/C17H28N4OS.HI/c1-4-10-22-16-14(7-6-8-19-16)12-20-17(18-3)21-9-11-23-15(5-2)13-21;/h6-8,15H,4-5,9-13H2,1-3H3,(H,18,20);1H. The molecule has 1 atom stereocenters. The molecule has 1 fully saturated rings. The predicted molar refractivity (Wildman–Crippen MR) is 114 cm³/mol. The van der Waals surface area contributed by atoms with Crippen molar-refractivity contribution in [3.05, 3.63) is 23.9 Å². The van der Waals surface area contributed by atoms with Gasteiger partial charge in [0.15, 0.2) is 5.96 Å². The number of nitrogens with zero attached hydrogens (tertiary/aromatic N) is 3. The van der Waals surface area contributed by atoms with Gasteiger partial charge in [-0.25, -0.2) is 4.98 Å². The molecule has 0 aromatic carbocycles. The van der Waals surface area contributed by atoms with E-state index in [0.717, 1.165) is 42.7 Å². The normalized spacial score (nSPS) is 18.0. The summed E-state index contributed by atoms with van der Waals surface area (Å²) in [4.78, 5) is 11.1. The third kappa shape index (κ3) is 6.31. The Labute approximate surface area is 167 Å². The fourth-order valence-corrected chi connectivity index (χ4v) is 3.73. The third-order valence-corrected chi connectivity index (χ3v) is 5.21. The first-order valence-corrected chi connectivity index (χ1v) is 9.47. The molecule has 0 radical (unpaired) electrons. The van der Waals surface area contributed by atoms with E-state index in [2.05, 4.69) is 51.9 Å². The number of guanidine groups is 1. The SMILES string of the molecule is CCCOc1ncccc1CNC(=NC)N1CCSC(CC)C1.I. The van der Waals surface area contributed by atoms with E-state index in [0.29, 0.717) is 18.4 Å². The molecule has 0 spiro atoms. The summed E-state index contributed by atoms with van der Waals surface area (Å²) in [7, 11) is 1.85.